The van der Waals surface area contributed by atoms with Crippen molar-refractivity contribution in [2.75, 3.05) is 7.11 Å². The summed E-state index contributed by atoms with van der Waals surface area (Å²) >= 11 is 0. The molecule has 0 amide bonds. The van der Waals surface area contributed by atoms with Gasteiger partial charge in [0.15, 0.2) is 5.88 Å². The Hall–Kier alpha value is -3.01. The topological polar surface area (TPSA) is 51.5 Å². The molecule has 1 N–H and O–H groups in total. The molecule has 0 radical (unpaired) electrons. The Morgan fingerprint density at radius 2 is 1.59 bits per heavy atom. The molecule has 4 heteroatoms. The number of hydrogen-bond donors (Lipinski definition) is 1. The van der Waals surface area contributed by atoms with Crippen molar-refractivity contribution in [1.29, 1.82) is 0 Å². The summed E-state index contributed by atoms with van der Waals surface area (Å²) in [6.07, 6.45) is 0. The smallest absolute Gasteiger partial charge is 0.258 e. The number of aromatic nitrogens is 1. The van der Waals surface area contributed by atoms with Crippen LogP contribution in [0.1, 0.15) is 0 Å². The van der Waals surface area contributed by atoms with E-state index in [4.69, 9.17) is 4.74 Å². The number of benzene rings is 2. The number of methoxy groups -OCH3 is 1. The number of aromatic hydroxyl groups is 1. The maximum Gasteiger partial charge on any atom is 0.258 e. The van der Waals surface area contributed by atoms with E-state index in [0.717, 1.165) is 11.3 Å². The molecule has 3 rings (SSSR count). The predicted molar refractivity (Wildman–Crippen MR) is 85.7 cm³/mol. The van der Waals surface area contributed by atoms with E-state index in [0.29, 0.717) is 11.3 Å². The molecule has 0 aliphatic heterocycles. The third kappa shape index (κ3) is 2.59. The fourth-order valence-corrected chi connectivity index (χ4v) is 2.34. The molecule has 0 bridgehead atoms. The Morgan fingerprint density at radius 3 is 2.18 bits per heavy atom. The highest BCUT2D eigenvalue weighted by molar-refractivity contribution is 5.65. The molecule has 0 spiro atoms. The maximum atomic E-state index is 12.3. The first-order chi connectivity index (χ1) is 10.7. The van der Waals surface area contributed by atoms with Gasteiger partial charge in [0.05, 0.1) is 12.8 Å². The summed E-state index contributed by atoms with van der Waals surface area (Å²) in [4.78, 5) is 12.3. The van der Waals surface area contributed by atoms with Crippen molar-refractivity contribution >= 4 is 0 Å². The van der Waals surface area contributed by atoms with E-state index in [1.54, 1.807) is 25.3 Å². The number of hydrogen-bond acceptors (Lipinski definition) is 3. The van der Waals surface area contributed by atoms with Gasteiger partial charge in [0.2, 0.25) is 0 Å². The largest absolute Gasteiger partial charge is 0.497 e. The molecule has 1 aromatic heterocycles. The Bertz CT molecular complexity index is 836. The number of pyridine rings is 1. The normalized spacial score (nSPS) is 10.4. The van der Waals surface area contributed by atoms with Crippen LogP contribution < -0.4 is 10.3 Å². The lowest BCUT2D eigenvalue weighted by atomic mass is 10.1. The SMILES string of the molecule is COc1ccc(-c2cc(O)n(-c3ccccc3)c(=O)c2)cc1. The second-order valence-electron chi connectivity index (χ2n) is 4.84. The summed E-state index contributed by atoms with van der Waals surface area (Å²) in [6, 6.07) is 19.5. The van der Waals surface area contributed by atoms with Gasteiger partial charge in [-0.3, -0.25) is 4.79 Å². The molecule has 2 aromatic carbocycles. The molecule has 1 heterocycles. The molecular weight excluding hydrogens is 278 g/mol. The predicted octanol–water partition coefficient (Wildman–Crippen LogP) is 3.22. The van der Waals surface area contributed by atoms with E-state index in [1.165, 1.54) is 10.6 Å². The van der Waals surface area contributed by atoms with Crippen LogP contribution in [-0.2, 0) is 0 Å². The van der Waals surface area contributed by atoms with Crippen molar-refractivity contribution < 1.29 is 9.84 Å². The van der Waals surface area contributed by atoms with Gasteiger partial charge >= 0.3 is 0 Å². The summed E-state index contributed by atoms with van der Waals surface area (Å²) in [7, 11) is 1.60. The zero-order chi connectivity index (χ0) is 15.5. The van der Waals surface area contributed by atoms with E-state index >= 15 is 0 Å². The Kier molecular flexibility index (Phi) is 3.66. The Morgan fingerprint density at radius 1 is 0.909 bits per heavy atom. The highest BCUT2D eigenvalue weighted by Crippen LogP contribution is 2.25. The summed E-state index contributed by atoms with van der Waals surface area (Å²) in [5.41, 5.74) is 1.86. The minimum absolute atomic E-state index is 0.0930. The first-order valence-electron chi connectivity index (χ1n) is 6.85. The van der Waals surface area contributed by atoms with Crippen molar-refractivity contribution in [1.82, 2.24) is 4.57 Å². The average Bonchev–Trinajstić information content (AvgIpc) is 2.55. The van der Waals surface area contributed by atoms with Crippen molar-refractivity contribution in [2.24, 2.45) is 0 Å². The lowest BCUT2D eigenvalue weighted by Crippen LogP contribution is -2.17. The van der Waals surface area contributed by atoms with Gasteiger partial charge < -0.3 is 9.84 Å². The standard InChI is InChI=1S/C18H15NO3/c1-22-16-9-7-13(8-10-16)14-11-17(20)19(18(21)12-14)15-5-3-2-4-6-15/h2-12,20H,1H3. The van der Waals surface area contributed by atoms with Crippen molar-refractivity contribution in [2.45, 2.75) is 0 Å². The first kappa shape index (κ1) is 13.9. The van der Waals surface area contributed by atoms with Crippen LogP contribution in [0.25, 0.3) is 16.8 Å². The molecular formula is C18H15NO3. The number of rotatable bonds is 3. The summed E-state index contributed by atoms with van der Waals surface area (Å²) in [5.74, 6) is 0.648. The molecule has 4 nitrogen and oxygen atoms in total. The van der Waals surface area contributed by atoms with Gasteiger partial charge in [-0.15, -0.1) is 0 Å². The third-order valence-corrected chi connectivity index (χ3v) is 3.45. The maximum absolute atomic E-state index is 12.3. The lowest BCUT2D eigenvalue weighted by molar-refractivity contribution is 0.415. The summed E-state index contributed by atoms with van der Waals surface area (Å²) in [6.45, 7) is 0. The van der Waals surface area contributed by atoms with Crippen LogP contribution in [0.15, 0.2) is 71.5 Å². The second-order valence-corrected chi connectivity index (χ2v) is 4.84. The van der Waals surface area contributed by atoms with Crippen molar-refractivity contribution in [3.05, 3.63) is 77.1 Å². The molecule has 110 valence electrons. The van der Waals surface area contributed by atoms with Crippen LogP contribution >= 0.6 is 0 Å². The van der Waals surface area contributed by atoms with Crippen LogP contribution in [0.2, 0.25) is 0 Å². The van der Waals surface area contributed by atoms with Gasteiger partial charge in [-0.25, -0.2) is 4.57 Å². The molecule has 22 heavy (non-hydrogen) atoms. The minimum Gasteiger partial charge on any atom is -0.497 e. The molecule has 0 aliphatic rings. The number of para-hydroxylation sites is 1. The van der Waals surface area contributed by atoms with Gasteiger partial charge in [0, 0.05) is 12.1 Å². The van der Waals surface area contributed by atoms with Gasteiger partial charge in [0.25, 0.3) is 5.56 Å². The molecule has 0 fully saturated rings. The van der Waals surface area contributed by atoms with Crippen molar-refractivity contribution in [3.63, 3.8) is 0 Å². The minimum atomic E-state index is -0.281. The van der Waals surface area contributed by atoms with Crippen LogP contribution in [0.5, 0.6) is 11.6 Å². The second kappa shape index (κ2) is 5.77. The molecule has 3 aromatic rings. The molecule has 0 unspecified atom stereocenters. The van der Waals surface area contributed by atoms with E-state index in [2.05, 4.69) is 0 Å². The molecule has 0 saturated carbocycles. The van der Waals surface area contributed by atoms with Crippen LogP contribution in [0, 0.1) is 0 Å². The quantitative estimate of drug-likeness (QED) is 0.806. The van der Waals surface area contributed by atoms with Crippen LogP contribution in [-0.4, -0.2) is 16.8 Å². The van der Waals surface area contributed by atoms with Crippen LogP contribution in [0.4, 0.5) is 0 Å². The van der Waals surface area contributed by atoms with E-state index in [1.807, 2.05) is 42.5 Å². The Labute approximate surface area is 127 Å². The van der Waals surface area contributed by atoms with Crippen LogP contribution in [0.3, 0.4) is 0 Å². The number of ether oxygens (including phenoxy) is 1. The monoisotopic (exact) mass is 293 g/mol. The summed E-state index contributed by atoms with van der Waals surface area (Å²) < 4.78 is 6.39. The fraction of sp³-hybridized carbons (Fsp3) is 0.0556. The van der Waals surface area contributed by atoms with Crippen molar-refractivity contribution in [3.8, 4) is 28.4 Å². The zero-order valence-electron chi connectivity index (χ0n) is 12.1. The first-order valence-corrected chi connectivity index (χ1v) is 6.85. The van der Waals surface area contributed by atoms with Gasteiger partial charge in [-0.05, 0) is 35.4 Å². The molecule has 0 atom stereocenters. The average molecular weight is 293 g/mol. The highest BCUT2D eigenvalue weighted by atomic mass is 16.5. The molecule has 0 saturated heterocycles. The van der Waals surface area contributed by atoms with E-state index in [-0.39, 0.29) is 11.4 Å². The zero-order valence-corrected chi connectivity index (χ0v) is 12.1. The summed E-state index contributed by atoms with van der Waals surface area (Å²) in [5, 5.41) is 10.2. The Balaban J connectivity index is 2.07. The molecule has 0 aliphatic carbocycles. The van der Waals surface area contributed by atoms with E-state index < -0.39 is 0 Å². The van der Waals surface area contributed by atoms with Gasteiger partial charge in [-0.2, -0.15) is 0 Å². The van der Waals surface area contributed by atoms with Gasteiger partial charge in [-0.1, -0.05) is 30.3 Å². The van der Waals surface area contributed by atoms with E-state index in [9.17, 15) is 9.90 Å². The van der Waals surface area contributed by atoms with Gasteiger partial charge in [0.1, 0.15) is 5.75 Å². The highest BCUT2D eigenvalue weighted by Gasteiger charge is 2.09. The lowest BCUT2D eigenvalue weighted by Gasteiger charge is -2.10. The fourth-order valence-electron chi connectivity index (χ4n) is 2.34. The third-order valence-electron chi connectivity index (χ3n) is 3.45. The number of nitrogens with zero attached hydrogens (tertiary/aromatic N) is 1.